The standard InChI is InChI=1S/C12H18ClN3/c1-9(6-13)7-14-12-10-4-2-3-5-11(10)15-8-16-12/h8-9H,2-7H2,1H3,(H,14,15,16). The summed E-state index contributed by atoms with van der Waals surface area (Å²) in [5, 5.41) is 3.39. The number of nitrogens with zero attached hydrogens (tertiary/aromatic N) is 2. The van der Waals surface area contributed by atoms with Crippen LogP contribution in [0.3, 0.4) is 0 Å². The van der Waals surface area contributed by atoms with Crippen molar-refractivity contribution in [3.63, 3.8) is 0 Å². The lowest BCUT2D eigenvalue weighted by atomic mass is 9.96. The van der Waals surface area contributed by atoms with Gasteiger partial charge in [0.1, 0.15) is 12.1 Å². The van der Waals surface area contributed by atoms with E-state index >= 15 is 0 Å². The summed E-state index contributed by atoms with van der Waals surface area (Å²) in [6.07, 6.45) is 6.37. The molecule has 0 saturated carbocycles. The second-order valence-electron chi connectivity index (χ2n) is 4.50. The zero-order chi connectivity index (χ0) is 11.4. The molecule has 1 aromatic rings. The van der Waals surface area contributed by atoms with E-state index in [1.54, 1.807) is 6.33 Å². The average Bonchev–Trinajstić information content (AvgIpc) is 2.35. The Morgan fingerprint density at radius 2 is 2.19 bits per heavy atom. The highest BCUT2D eigenvalue weighted by Gasteiger charge is 2.15. The quantitative estimate of drug-likeness (QED) is 0.821. The Balaban J connectivity index is 2.08. The summed E-state index contributed by atoms with van der Waals surface area (Å²) in [5.41, 5.74) is 2.54. The maximum absolute atomic E-state index is 5.79. The van der Waals surface area contributed by atoms with Gasteiger partial charge in [-0.1, -0.05) is 6.92 Å². The fraction of sp³-hybridized carbons (Fsp3) is 0.667. The molecule has 0 saturated heterocycles. The van der Waals surface area contributed by atoms with Crippen LogP contribution in [-0.4, -0.2) is 22.4 Å². The Morgan fingerprint density at radius 1 is 1.38 bits per heavy atom. The molecular weight excluding hydrogens is 222 g/mol. The van der Waals surface area contributed by atoms with Crippen molar-refractivity contribution in [2.45, 2.75) is 32.6 Å². The lowest BCUT2D eigenvalue weighted by molar-refractivity contribution is 0.656. The van der Waals surface area contributed by atoms with E-state index in [9.17, 15) is 0 Å². The predicted molar refractivity (Wildman–Crippen MR) is 67.0 cm³/mol. The van der Waals surface area contributed by atoms with Gasteiger partial charge in [-0.15, -0.1) is 11.6 Å². The fourth-order valence-corrected chi connectivity index (χ4v) is 2.11. The molecule has 1 atom stereocenters. The van der Waals surface area contributed by atoms with E-state index in [1.807, 2.05) is 0 Å². The molecule has 0 bridgehead atoms. The Labute approximate surface area is 102 Å². The van der Waals surface area contributed by atoms with Gasteiger partial charge >= 0.3 is 0 Å². The zero-order valence-corrected chi connectivity index (χ0v) is 10.4. The van der Waals surface area contributed by atoms with Gasteiger partial charge in [0.15, 0.2) is 0 Å². The maximum atomic E-state index is 5.79. The summed E-state index contributed by atoms with van der Waals surface area (Å²) in [5.74, 6) is 2.16. The van der Waals surface area contributed by atoms with Crippen molar-refractivity contribution in [1.29, 1.82) is 0 Å². The number of alkyl halides is 1. The molecule has 0 aliphatic heterocycles. The van der Waals surface area contributed by atoms with Gasteiger partial charge in [0.2, 0.25) is 0 Å². The van der Waals surface area contributed by atoms with E-state index in [0.717, 1.165) is 25.2 Å². The van der Waals surface area contributed by atoms with Crippen molar-refractivity contribution in [1.82, 2.24) is 9.97 Å². The summed E-state index contributed by atoms with van der Waals surface area (Å²) in [4.78, 5) is 8.68. The molecule has 1 aliphatic rings. The van der Waals surface area contributed by atoms with Crippen LogP contribution in [0.1, 0.15) is 31.0 Å². The van der Waals surface area contributed by atoms with Crippen LogP contribution in [0.4, 0.5) is 5.82 Å². The molecule has 1 aliphatic carbocycles. The highest BCUT2D eigenvalue weighted by Crippen LogP contribution is 2.24. The topological polar surface area (TPSA) is 37.8 Å². The maximum Gasteiger partial charge on any atom is 0.132 e. The Bertz CT molecular complexity index is 354. The van der Waals surface area contributed by atoms with Crippen LogP contribution < -0.4 is 5.32 Å². The molecule has 0 amide bonds. The lowest BCUT2D eigenvalue weighted by Crippen LogP contribution is -2.17. The van der Waals surface area contributed by atoms with Crippen molar-refractivity contribution in [2.24, 2.45) is 5.92 Å². The molecule has 4 heteroatoms. The minimum Gasteiger partial charge on any atom is -0.369 e. The molecule has 0 spiro atoms. The molecule has 1 heterocycles. The van der Waals surface area contributed by atoms with Crippen LogP contribution in [0.5, 0.6) is 0 Å². The number of nitrogens with one attached hydrogen (secondary N) is 1. The molecule has 1 aromatic heterocycles. The first-order valence-corrected chi connectivity index (χ1v) is 6.47. The first-order valence-electron chi connectivity index (χ1n) is 5.94. The normalized spacial score (nSPS) is 16.6. The highest BCUT2D eigenvalue weighted by atomic mass is 35.5. The van der Waals surface area contributed by atoms with E-state index in [-0.39, 0.29) is 0 Å². The van der Waals surface area contributed by atoms with Crippen molar-refractivity contribution in [3.05, 3.63) is 17.6 Å². The lowest BCUT2D eigenvalue weighted by Gasteiger charge is -2.19. The number of aromatic nitrogens is 2. The summed E-state index contributed by atoms with van der Waals surface area (Å²) >= 11 is 5.79. The summed E-state index contributed by atoms with van der Waals surface area (Å²) in [6.45, 7) is 3.01. The van der Waals surface area contributed by atoms with E-state index < -0.39 is 0 Å². The summed E-state index contributed by atoms with van der Waals surface area (Å²) in [6, 6.07) is 0. The first kappa shape index (κ1) is 11.6. The van der Waals surface area contributed by atoms with Gasteiger partial charge in [-0.25, -0.2) is 9.97 Å². The molecule has 0 radical (unpaired) electrons. The van der Waals surface area contributed by atoms with Crippen LogP contribution >= 0.6 is 11.6 Å². The molecule has 2 rings (SSSR count). The van der Waals surface area contributed by atoms with Gasteiger partial charge in [-0.2, -0.15) is 0 Å². The summed E-state index contributed by atoms with van der Waals surface area (Å²) < 4.78 is 0. The van der Waals surface area contributed by atoms with Crippen molar-refractivity contribution < 1.29 is 0 Å². The zero-order valence-electron chi connectivity index (χ0n) is 9.67. The molecule has 0 fully saturated rings. The van der Waals surface area contributed by atoms with Gasteiger partial charge < -0.3 is 5.32 Å². The van der Waals surface area contributed by atoms with Crippen molar-refractivity contribution in [3.8, 4) is 0 Å². The minimum absolute atomic E-state index is 0.468. The molecule has 88 valence electrons. The third-order valence-electron chi connectivity index (χ3n) is 3.01. The monoisotopic (exact) mass is 239 g/mol. The molecule has 1 unspecified atom stereocenters. The molecule has 3 nitrogen and oxygen atoms in total. The van der Waals surface area contributed by atoms with E-state index in [2.05, 4.69) is 22.2 Å². The number of hydrogen-bond acceptors (Lipinski definition) is 3. The van der Waals surface area contributed by atoms with Gasteiger partial charge in [0, 0.05) is 23.7 Å². The third kappa shape index (κ3) is 2.64. The van der Waals surface area contributed by atoms with Crippen LogP contribution in [0.25, 0.3) is 0 Å². The van der Waals surface area contributed by atoms with E-state index in [1.165, 1.54) is 24.1 Å². The van der Waals surface area contributed by atoms with Gasteiger partial charge in [0.05, 0.1) is 0 Å². The van der Waals surface area contributed by atoms with Crippen molar-refractivity contribution >= 4 is 17.4 Å². The van der Waals surface area contributed by atoms with Crippen LogP contribution in [0.15, 0.2) is 6.33 Å². The molecule has 0 aromatic carbocycles. The largest absolute Gasteiger partial charge is 0.369 e. The number of rotatable bonds is 4. The third-order valence-corrected chi connectivity index (χ3v) is 3.53. The first-order chi connectivity index (χ1) is 7.81. The van der Waals surface area contributed by atoms with Gasteiger partial charge in [0.25, 0.3) is 0 Å². The highest BCUT2D eigenvalue weighted by molar-refractivity contribution is 6.18. The minimum atomic E-state index is 0.468. The number of halogens is 1. The number of fused-ring (bicyclic) bond motifs is 1. The molecular formula is C12H18ClN3. The van der Waals surface area contributed by atoms with Crippen LogP contribution in [0, 0.1) is 5.92 Å². The Kier molecular flexibility index (Phi) is 3.99. The second kappa shape index (κ2) is 5.48. The van der Waals surface area contributed by atoms with Gasteiger partial charge in [-0.3, -0.25) is 0 Å². The predicted octanol–water partition coefficient (Wildman–Crippen LogP) is 2.64. The molecule has 16 heavy (non-hydrogen) atoms. The van der Waals surface area contributed by atoms with Crippen molar-refractivity contribution in [2.75, 3.05) is 17.7 Å². The van der Waals surface area contributed by atoms with Gasteiger partial charge in [-0.05, 0) is 31.6 Å². The SMILES string of the molecule is CC(CCl)CNc1ncnc2c1CCCC2. The van der Waals surface area contributed by atoms with Crippen LogP contribution in [0.2, 0.25) is 0 Å². The van der Waals surface area contributed by atoms with E-state index in [4.69, 9.17) is 11.6 Å². The number of aryl methyl sites for hydroxylation is 1. The van der Waals surface area contributed by atoms with E-state index in [0.29, 0.717) is 11.8 Å². The Morgan fingerprint density at radius 3 is 3.00 bits per heavy atom. The number of anilines is 1. The smallest absolute Gasteiger partial charge is 0.132 e. The second-order valence-corrected chi connectivity index (χ2v) is 4.80. The van der Waals surface area contributed by atoms with Crippen LogP contribution in [-0.2, 0) is 12.8 Å². The summed E-state index contributed by atoms with van der Waals surface area (Å²) in [7, 11) is 0. The number of hydrogen-bond donors (Lipinski definition) is 1. The molecule has 1 N–H and O–H groups in total. The average molecular weight is 240 g/mol. The Hall–Kier alpha value is -0.830. The fourth-order valence-electron chi connectivity index (χ4n) is 2.00.